The van der Waals surface area contributed by atoms with Gasteiger partial charge in [0.15, 0.2) is 0 Å². The molecule has 2 aromatic carbocycles. The zero-order chi connectivity index (χ0) is 30.2. The molecule has 0 aliphatic carbocycles. The van der Waals surface area contributed by atoms with E-state index >= 15 is 0 Å². The molecule has 0 saturated carbocycles. The highest BCUT2D eigenvalue weighted by Crippen LogP contribution is 2.43. The van der Waals surface area contributed by atoms with Gasteiger partial charge < -0.3 is 30.9 Å². The number of piperidine rings is 1. The van der Waals surface area contributed by atoms with E-state index in [2.05, 4.69) is 15.3 Å². The fourth-order valence-electron chi connectivity index (χ4n) is 5.59. The number of nitrogen functional groups attached to an aromatic ring is 1. The van der Waals surface area contributed by atoms with Gasteiger partial charge in [0.25, 0.3) is 0 Å². The number of aromatic carboxylic acids is 1. The van der Waals surface area contributed by atoms with Gasteiger partial charge in [0.1, 0.15) is 11.9 Å². The second-order valence-electron chi connectivity index (χ2n) is 10.5. The number of benzene rings is 2. The molecule has 0 radical (unpaired) electrons. The van der Waals surface area contributed by atoms with E-state index in [0.717, 1.165) is 0 Å². The summed E-state index contributed by atoms with van der Waals surface area (Å²) in [5.41, 5.74) is 5.56. The quantitative estimate of drug-likeness (QED) is 0.296. The standard InChI is InChI=1S/C28H27ClF3N5O5/c29-17-4-5-18(19(11-17)15-2-1-3-16(10-15)24(38)39)23(28(30,31)32)42-22-12-21(35-26(33)36-22)37-8-6-27(7-9-37)13-20(25(40)41)34-14-27/h1-5,10-12,20,23,34H,6-9,13-14H2,(H,38,39)(H,40,41)(H2,33,35,36)/t20?,23-/m1/s1. The van der Waals surface area contributed by atoms with Crippen LogP contribution >= 0.6 is 11.6 Å². The molecule has 3 aromatic rings. The van der Waals surface area contributed by atoms with Crippen molar-refractivity contribution in [2.75, 3.05) is 30.3 Å². The lowest BCUT2D eigenvalue weighted by atomic mass is 9.76. The Morgan fingerprint density at radius 2 is 1.86 bits per heavy atom. The number of alkyl halides is 3. The Morgan fingerprint density at radius 1 is 1.12 bits per heavy atom. The molecule has 2 saturated heterocycles. The lowest BCUT2D eigenvalue weighted by Crippen LogP contribution is -2.41. The first-order valence-corrected chi connectivity index (χ1v) is 13.4. The van der Waals surface area contributed by atoms with Crippen LogP contribution in [-0.2, 0) is 4.79 Å². The molecule has 0 amide bonds. The van der Waals surface area contributed by atoms with E-state index < -0.39 is 36.1 Å². The number of carboxylic acids is 2. The maximum absolute atomic E-state index is 14.5. The van der Waals surface area contributed by atoms with E-state index in [4.69, 9.17) is 22.1 Å². The zero-order valence-electron chi connectivity index (χ0n) is 22.1. The molecule has 2 aliphatic heterocycles. The van der Waals surface area contributed by atoms with E-state index in [-0.39, 0.29) is 38.6 Å². The number of hydrogen-bond donors (Lipinski definition) is 4. The molecular weight excluding hydrogens is 579 g/mol. The predicted octanol–water partition coefficient (Wildman–Crippen LogP) is 4.79. The summed E-state index contributed by atoms with van der Waals surface area (Å²) < 4.78 is 49.0. The van der Waals surface area contributed by atoms with Crippen molar-refractivity contribution < 1.29 is 37.7 Å². The average Bonchev–Trinajstić information content (AvgIpc) is 3.35. The van der Waals surface area contributed by atoms with Gasteiger partial charge in [0.2, 0.25) is 17.9 Å². The fraction of sp³-hybridized carbons (Fsp3) is 0.357. The summed E-state index contributed by atoms with van der Waals surface area (Å²) in [5, 5.41) is 21.9. The number of nitrogens with two attached hydrogens (primary N) is 1. The molecule has 2 atom stereocenters. The van der Waals surface area contributed by atoms with Gasteiger partial charge in [-0.05, 0) is 60.1 Å². The first-order chi connectivity index (χ1) is 19.8. The van der Waals surface area contributed by atoms with Crippen LogP contribution in [-0.4, -0.2) is 64.0 Å². The van der Waals surface area contributed by atoms with Crippen LogP contribution in [0.25, 0.3) is 11.1 Å². The maximum Gasteiger partial charge on any atom is 0.429 e. The molecular formula is C28H27ClF3N5O5. The normalized spacial score (nSPS) is 19.0. The summed E-state index contributed by atoms with van der Waals surface area (Å²) in [5.74, 6) is -2.50. The number of ether oxygens (including phenoxy) is 1. The van der Waals surface area contributed by atoms with E-state index in [9.17, 15) is 33.0 Å². The van der Waals surface area contributed by atoms with Gasteiger partial charge in [-0.1, -0.05) is 29.8 Å². The second kappa shape index (κ2) is 11.3. The van der Waals surface area contributed by atoms with Gasteiger partial charge in [-0.3, -0.25) is 4.79 Å². The van der Waals surface area contributed by atoms with Crippen LogP contribution in [0.1, 0.15) is 41.3 Å². The van der Waals surface area contributed by atoms with Crippen molar-refractivity contribution in [1.82, 2.24) is 15.3 Å². The van der Waals surface area contributed by atoms with Crippen molar-refractivity contribution in [1.29, 1.82) is 0 Å². The number of nitrogens with one attached hydrogen (secondary N) is 1. The number of halogens is 4. The molecule has 5 rings (SSSR count). The molecule has 1 unspecified atom stereocenters. The summed E-state index contributed by atoms with van der Waals surface area (Å²) in [6.45, 7) is 1.56. The van der Waals surface area contributed by atoms with Gasteiger partial charge in [-0.25, -0.2) is 4.79 Å². The summed E-state index contributed by atoms with van der Waals surface area (Å²) in [7, 11) is 0. The minimum Gasteiger partial charge on any atom is -0.480 e. The summed E-state index contributed by atoms with van der Waals surface area (Å²) in [6, 6.07) is 9.97. The van der Waals surface area contributed by atoms with Gasteiger partial charge in [-0.2, -0.15) is 23.1 Å². The highest BCUT2D eigenvalue weighted by molar-refractivity contribution is 6.30. The number of carbonyl (C=O) groups is 2. The lowest BCUT2D eigenvalue weighted by molar-refractivity contribution is -0.198. The molecule has 42 heavy (non-hydrogen) atoms. The number of carboxylic acid groups (broad SMARTS) is 2. The molecule has 2 fully saturated rings. The number of rotatable bonds is 7. The van der Waals surface area contributed by atoms with E-state index in [1.807, 2.05) is 4.90 Å². The Labute approximate surface area is 243 Å². The monoisotopic (exact) mass is 605 g/mol. The van der Waals surface area contributed by atoms with Crippen molar-refractivity contribution in [3.05, 3.63) is 64.7 Å². The molecule has 1 aromatic heterocycles. The van der Waals surface area contributed by atoms with Gasteiger partial charge in [0.05, 0.1) is 5.56 Å². The molecule has 2 aliphatic rings. The van der Waals surface area contributed by atoms with E-state index in [1.165, 1.54) is 48.5 Å². The van der Waals surface area contributed by atoms with Crippen molar-refractivity contribution in [2.24, 2.45) is 5.41 Å². The van der Waals surface area contributed by atoms with Crippen LogP contribution in [0.2, 0.25) is 5.02 Å². The highest BCUT2D eigenvalue weighted by atomic mass is 35.5. The van der Waals surface area contributed by atoms with Gasteiger partial charge >= 0.3 is 18.1 Å². The number of hydrogen-bond acceptors (Lipinski definition) is 8. The average molecular weight is 606 g/mol. The number of anilines is 2. The summed E-state index contributed by atoms with van der Waals surface area (Å²) in [4.78, 5) is 32.8. The summed E-state index contributed by atoms with van der Waals surface area (Å²) >= 11 is 6.13. The third-order valence-electron chi connectivity index (χ3n) is 7.77. The van der Waals surface area contributed by atoms with Gasteiger partial charge in [-0.15, -0.1) is 0 Å². The molecule has 3 heterocycles. The molecule has 5 N–H and O–H groups in total. The molecule has 10 nitrogen and oxygen atoms in total. The van der Waals surface area contributed by atoms with Crippen molar-refractivity contribution in [3.8, 4) is 17.0 Å². The van der Waals surface area contributed by atoms with Crippen LogP contribution in [0.3, 0.4) is 0 Å². The minimum atomic E-state index is -4.90. The fourth-order valence-corrected chi connectivity index (χ4v) is 5.76. The van der Waals surface area contributed by atoms with Crippen molar-refractivity contribution in [3.63, 3.8) is 0 Å². The number of aliphatic carboxylic acids is 1. The zero-order valence-corrected chi connectivity index (χ0v) is 22.8. The molecule has 1 spiro atoms. The SMILES string of the molecule is Nc1nc(O[C@H](c2ccc(Cl)cc2-c2cccc(C(=O)O)c2)C(F)(F)F)cc(N2CCC3(CC2)CNC(C(=O)O)C3)n1. The Kier molecular flexibility index (Phi) is 7.90. The Balaban J connectivity index is 1.43. The van der Waals surface area contributed by atoms with Crippen molar-refractivity contribution in [2.45, 2.75) is 37.6 Å². The van der Waals surface area contributed by atoms with Crippen LogP contribution < -0.4 is 20.7 Å². The number of nitrogens with zero attached hydrogens (tertiary/aromatic N) is 3. The smallest absolute Gasteiger partial charge is 0.429 e. The first-order valence-electron chi connectivity index (χ1n) is 13.1. The predicted molar refractivity (Wildman–Crippen MR) is 148 cm³/mol. The largest absolute Gasteiger partial charge is 0.480 e. The molecule has 0 bridgehead atoms. The Bertz CT molecular complexity index is 1510. The number of aromatic nitrogens is 2. The van der Waals surface area contributed by atoms with E-state index in [1.54, 1.807) is 0 Å². The topological polar surface area (TPSA) is 151 Å². The van der Waals surface area contributed by atoms with Crippen LogP contribution in [0.15, 0.2) is 48.5 Å². The first kappa shape index (κ1) is 29.4. The van der Waals surface area contributed by atoms with Crippen LogP contribution in [0.4, 0.5) is 24.9 Å². The van der Waals surface area contributed by atoms with E-state index in [0.29, 0.717) is 44.7 Å². The Hall–Kier alpha value is -4.10. The van der Waals surface area contributed by atoms with Crippen LogP contribution in [0, 0.1) is 5.41 Å². The lowest BCUT2D eigenvalue weighted by Gasteiger charge is -2.39. The Morgan fingerprint density at radius 3 is 2.50 bits per heavy atom. The van der Waals surface area contributed by atoms with Gasteiger partial charge in [0, 0.05) is 36.3 Å². The van der Waals surface area contributed by atoms with Crippen LogP contribution in [0.5, 0.6) is 5.88 Å². The highest BCUT2D eigenvalue weighted by Gasteiger charge is 2.46. The van der Waals surface area contributed by atoms with Crippen molar-refractivity contribution >= 4 is 35.3 Å². The second-order valence-corrected chi connectivity index (χ2v) is 11.0. The minimum absolute atomic E-state index is 0.0429. The molecule has 222 valence electrons. The summed E-state index contributed by atoms with van der Waals surface area (Å²) in [6.07, 6.45) is -5.57. The third kappa shape index (κ3) is 6.21. The maximum atomic E-state index is 14.5. The molecule has 14 heteroatoms. The third-order valence-corrected chi connectivity index (χ3v) is 8.00.